The number of thiocarbonyl (C=S) groups is 1. The third-order valence-corrected chi connectivity index (χ3v) is 1.91. The van der Waals surface area contributed by atoms with E-state index in [1.165, 1.54) is 6.21 Å². The Hall–Kier alpha value is -1.62. The van der Waals surface area contributed by atoms with Crippen LogP contribution in [0, 0.1) is 0 Å². The van der Waals surface area contributed by atoms with Crippen LogP contribution in [-0.4, -0.2) is 23.6 Å². The van der Waals surface area contributed by atoms with Crippen molar-refractivity contribution in [3.05, 3.63) is 29.8 Å². The van der Waals surface area contributed by atoms with Gasteiger partial charge in [0.2, 0.25) is 0 Å². The molecule has 0 unspecified atom stereocenters. The van der Waals surface area contributed by atoms with Gasteiger partial charge in [0.1, 0.15) is 0 Å². The highest BCUT2D eigenvalue weighted by atomic mass is 32.1. The Morgan fingerprint density at radius 1 is 1.43 bits per heavy atom. The predicted molar refractivity (Wildman–Crippen MR) is 61.1 cm³/mol. The molecule has 0 spiro atoms. The van der Waals surface area contributed by atoms with Crippen LogP contribution in [0.2, 0.25) is 0 Å². The van der Waals surface area contributed by atoms with E-state index in [-0.39, 0.29) is 0 Å². The Morgan fingerprint density at radius 2 is 2.07 bits per heavy atom. The van der Waals surface area contributed by atoms with Gasteiger partial charge in [-0.2, -0.15) is 0 Å². The van der Waals surface area contributed by atoms with Gasteiger partial charge in [-0.25, -0.2) is 0 Å². The number of benzene rings is 1. The number of anilines is 1. The lowest BCUT2D eigenvalue weighted by Gasteiger charge is -2.06. The smallest absolute Gasteiger partial charge is 0.170 e. The molecule has 5 heteroatoms. The van der Waals surface area contributed by atoms with Crippen molar-refractivity contribution in [1.82, 2.24) is 5.32 Å². The molecule has 0 atom stereocenters. The lowest BCUT2D eigenvalue weighted by atomic mass is 10.2. The fourth-order valence-corrected chi connectivity index (χ4v) is 1.03. The number of oxime groups is 1. The molecule has 4 nitrogen and oxygen atoms in total. The summed E-state index contributed by atoms with van der Waals surface area (Å²) in [6.07, 6.45) is 1.36. The zero-order chi connectivity index (χ0) is 10.4. The van der Waals surface area contributed by atoms with Crippen LogP contribution in [0.3, 0.4) is 0 Å². The zero-order valence-electron chi connectivity index (χ0n) is 7.69. The fourth-order valence-electron chi connectivity index (χ4n) is 0.913. The highest BCUT2D eigenvalue weighted by Crippen LogP contribution is 2.07. The van der Waals surface area contributed by atoms with E-state index in [9.17, 15) is 0 Å². The minimum atomic E-state index is 0.563. The van der Waals surface area contributed by atoms with Gasteiger partial charge in [-0.15, -0.1) is 0 Å². The molecule has 0 fully saturated rings. The molecule has 0 saturated heterocycles. The first-order valence-corrected chi connectivity index (χ1v) is 4.43. The molecular formula is C9H11N3OS. The normalized spacial score (nSPS) is 10.1. The van der Waals surface area contributed by atoms with Crippen molar-refractivity contribution in [3.63, 3.8) is 0 Å². The first-order chi connectivity index (χ1) is 6.76. The molecule has 0 aliphatic rings. The van der Waals surface area contributed by atoms with E-state index < -0.39 is 0 Å². The fraction of sp³-hybridized carbons (Fsp3) is 0.111. The van der Waals surface area contributed by atoms with Crippen LogP contribution >= 0.6 is 12.2 Å². The van der Waals surface area contributed by atoms with Crippen molar-refractivity contribution in [2.75, 3.05) is 12.4 Å². The first kappa shape index (κ1) is 10.5. The maximum Gasteiger partial charge on any atom is 0.170 e. The van der Waals surface area contributed by atoms with Gasteiger partial charge < -0.3 is 15.8 Å². The zero-order valence-corrected chi connectivity index (χ0v) is 8.51. The number of hydrogen-bond acceptors (Lipinski definition) is 3. The van der Waals surface area contributed by atoms with E-state index in [4.69, 9.17) is 17.4 Å². The van der Waals surface area contributed by atoms with Gasteiger partial charge in [-0.1, -0.05) is 17.3 Å². The molecule has 0 bridgehead atoms. The van der Waals surface area contributed by atoms with Gasteiger partial charge in [0, 0.05) is 12.7 Å². The highest BCUT2D eigenvalue weighted by Gasteiger charge is 1.94. The Bertz CT molecular complexity index is 334. The summed E-state index contributed by atoms with van der Waals surface area (Å²) in [6.45, 7) is 0. The Labute approximate surface area is 87.6 Å². The van der Waals surface area contributed by atoms with Crippen molar-refractivity contribution in [2.24, 2.45) is 5.16 Å². The summed E-state index contributed by atoms with van der Waals surface area (Å²) in [6, 6.07) is 7.34. The van der Waals surface area contributed by atoms with E-state index in [1.54, 1.807) is 7.05 Å². The predicted octanol–water partition coefficient (Wildman–Crippen LogP) is 1.41. The third kappa shape index (κ3) is 3.02. The van der Waals surface area contributed by atoms with Crippen LogP contribution in [-0.2, 0) is 0 Å². The molecule has 1 aromatic rings. The van der Waals surface area contributed by atoms with Gasteiger partial charge in [-0.05, 0) is 29.9 Å². The monoisotopic (exact) mass is 209 g/mol. The summed E-state index contributed by atoms with van der Waals surface area (Å²) in [5.74, 6) is 0. The summed E-state index contributed by atoms with van der Waals surface area (Å²) in [5, 5.41) is 17.6. The second-order valence-corrected chi connectivity index (χ2v) is 2.98. The van der Waals surface area contributed by atoms with Crippen molar-refractivity contribution in [2.45, 2.75) is 0 Å². The van der Waals surface area contributed by atoms with Crippen molar-refractivity contribution in [1.29, 1.82) is 0 Å². The van der Waals surface area contributed by atoms with Crippen LogP contribution in [0.5, 0.6) is 0 Å². The quantitative estimate of drug-likeness (QED) is 0.298. The molecule has 0 heterocycles. The molecule has 1 rings (SSSR count). The standard InChI is InChI=1S/C9H11N3OS/c1-10-9(14)12-8-4-2-7(3-5-8)6-11-13/h2-6,13H,1H3,(H2,10,12,14)/b11-6+. The third-order valence-electron chi connectivity index (χ3n) is 1.60. The van der Waals surface area contributed by atoms with Crippen molar-refractivity contribution < 1.29 is 5.21 Å². The van der Waals surface area contributed by atoms with Gasteiger partial charge in [0.25, 0.3) is 0 Å². The molecule has 14 heavy (non-hydrogen) atoms. The van der Waals surface area contributed by atoms with Crippen LogP contribution in [0.15, 0.2) is 29.4 Å². The highest BCUT2D eigenvalue weighted by molar-refractivity contribution is 7.80. The molecular weight excluding hydrogens is 198 g/mol. The van der Waals surface area contributed by atoms with Gasteiger partial charge in [0.05, 0.1) is 6.21 Å². The number of nitrogens with one attached hydrogen (secondary N) is 2. The molecule has 0 aliphatic heterocycles. The average Bonchev–Trinajstić information content (AvgIpc) is 2.21. The Morgan fingerprint density at radius 3 is 2.57 bits per heavy atom. The van der Waals surface area contributed by atoms with E-state index in [0.29, 0.717) is 5.11 Å². The van der Waals surface area contributed by atoms with E-state index in [0.717, 1.165) is 11.3 Å². The second kappa shape index (κ2) is 5.18. The summed E-state index contributed by atoms with van der Waals surface area (Å²) in [7, 11) is 1.75. The topological polar surface area (TPSA) is 56.7 Å². The minimum Gasteiger partial charge on any atom is -0.411 e. The van der Waals surface area contributed by atoms with Gasteiger partial charge in [0.15, 0.2) is 5.11 Å². The summed E-state index contributed by atoms with van der Waals surface area (Å²) in [5.41, 5.74) is 1.72. The maximum atomic E-state index is 8.30. The SMILES string of the molecule is CNC(=S)Nc1ccc(/C=N/O)cc1. The molecule has 3 N–H and O–H groups in total. The van der Waals surface area contributed by atoms with Gasteiger partial charge >= 0.3 is 0 Å². The van der Waals surface area contributed by atoms with Crippen LogP contribution < -0.4 is 10.6 Å². The largest absolute Gasteiger partial charge is 0.411 e. The summed E-state index contributed by atoms with van der Waals surface area (Å²) >= 11 is 4.93. The maximum absolute atomic E-state index is 8.30. The summed E-state index contributed by atoms with van der Waals surface area (Å²) < 4.78 is 0. The molecule has 0 amide bonds. The first-order valence-electron chi connectivity index (χ1n) is 4.02. The van der Waals surface area contributed by atoms with Gasteiger partial charge in [-0.3, -0.25) is 0 Å². The summed E-state index contributed by atoms with van der Waals surface area (Å²) in [4.78, 5) is 0. The minimum absolute atomic E-state index is 0.563. The van der Waals surface area contributed by atoms with Crippen LogP contribution in [0.25, 0.3) is 0 Å². The lowest BCUT2D eigenvalue weighted by molar-refractivity contribution is 0.322. The second-order valence-electron chi connectivity index (χ2n) is 2.57. The van der Waals surface area contributed by atoms with E-state index in [1.807, 2.05) is 24.3 Å². The molecule has 0 saturated carbocycles. The lowest BCUT2D eigenvalue weighted by Crippen LogP contribution is -2.23. The number of rotatable bonds is 2. The molecule has 0 aliphatic carbocycles. The molecule has 1 aromatic carbocycles. The molecule has 0 aromatic heterocycles. The van der Waals surface area contributed by atoms with E-state index >= 15 is 0 Å². The Balaban J connectivity index is 2.68. The molecule has 74 valence electrons. The number of hydrogen-bond donors (Lipinski definition) is 3. The van der Waals surface area contributed by atoms with Crippen molar-refractivity contribution in [3.8, 4) is 0 Å². The van der Waals surface area contributed by atoms with Crippen LogP contribution in [0.4, 0.5) is 5.69 Å². The Kier molecular flexibility index (Phi) is 3.87. The van der Waals surface area contributed by atoms with E-state index in [2.05, 4.69) is 15.8 Å². The molecule has 0 radical (unpaired) electrons. The van der Waals surface area contributed by atoms with Crippen molar-refractivity contribution >= 4 is 29.2 Å². The number of nitrogens with zero attached hydrogens (tertiary/aromatic N) is 1. The average molecular weight is 209 g/mol. The van der Waals surface area contributed by atoms with Crippen LogP contribution in [0.1, 0.15) is 5.56 Å².